The number of fused-ring (bicyclic) bond motifs is 1. The monoisotopic (exact) mass is 542 g/mol. The highest BCUT2D eigenvalue weighted by Gasteiger charge is 2.51. The molecule has 2 N–H and O–H groups in total. The normalized spacial score (nSPS) is 24.0. The molecule has 6 nitrogen and oxygen atoms in total. The van der Waals surface area contributed by atoms with Gasteiger partial charge in [-0.3, -0.25) is 14.6 Å². The first kappa shape index (κ1) is 26.5. The van der Waals surface area contributed by atoms with Gasteiger partial charge in [-0.2, -0.15) is 13.2 Å². The lowest BCUT2D eigenvalue weighted by molar-refractivity contribution is -0.141. The van der Waals surface area contributed by atoms with Gasteiger partial charge >= 0.3 is 6.68 Å². The van der Waals surface area contributed by atoms with Gasteiger partial charge in [-0.25, -0.2) is 0 Å². The second-order valence-electron chi connectivity index (χ2n) is 9.66. The summed E-state index contributed by atoms with van der Waals surface area (Å²) >= 11 is 12.5. The molecule has 36 heavy (non-hydrogen) atoms. The lowest BCUT2D eigenvalue weighted by Gasteiger charge is -2.45. The fourth-order valence-electron chi connectivity index (χ4n) is 5.34. The SMILES string of the molecule is CN(Cc1ccc(NC2Cc3ccc(Cl)c(Cl)c3C2)cn1)C(=O)C1CC2(CCC(=O)N2)C1.FC(F)F. The third-order valence-electron chi connectivity index (χ3n) is 7.04. The zero-order valence-electron chi connectivity index (χ0n) is 19.7. The van der Waals surface area contributed by atoms with Crippen molar-refractivity contribution < 1.29 is 22.8 Å². The van der Waals surface area contributed by atoms with E-state index in [1.165, 1.54) is 5.56 Å². The molecule has 0 bridgehead atoms. The van der Waals surface area contributed by atoms with E-state index in [0.717, 1.165) is 49.0 Å². The summed E-state index contributed by atoms with van der Waals surface area (Å²) in [6, 6.07) is 8.11. The van der Waals surface area contributed by atoms with Crippen LogP contribution in [0.25, 0.3) is 0 Å². The minimum atomic E-state index is -3.67. The molecule has 0 radical (unpaired) electrons. The molecule has 194 valence electrons. The number of rotatable bonds is 5. The van der Waals surface area contributed by atoms with Crippen molar-refractivity contribution in [2.24, 2.45) is 5.92 Å². The second kappa shape index (κ2) is 10.8. The number of pyridine rings is 1. The standard InChI is InChI=1S/C24H26Cl2N4O2.CHF3/c1-30(23(32)15-10-24(11-15)7-6-21(31)29-24)13-17-4-3-16(12-27-17)28-18-8-14-2-5-20(25)22(26)19(14)9-18;2-1(3)4/h2-5,12,15,18,28H,6-11,13H2,1H3,(H,29,31);1H. The van der Waals surface area contributed by atoms with Gasteiger partial charge in [-0.05, 0) is 61.4 Å². The van der Waals surface area contributed by atoms with Crippen LogP contribution in [0.15, 0.2) is 30.5 Å². The molecule has 2 heterocycles. The maximum atomic E-state index is 12.8. The van der Waals surface area contributed by atoms with E-state index in [4.69, 9.17) is 23.2 Å². The molecule has 3 aliphatic rings. The highest BCUT2D eigenvalue weighted by molar-refractivity contribution is 6.42. The first-order chi connectivity index (χ1) is 17.0. The van der Waals surface area contributed by atoms with E-state index >= 15 is 0 Å². The van der Waals surface area contributed by atoms with Crippen molar-refractivity contribution in [1.29, 1.82) is 0 Å². The van der Waals surface area contributed by atoms with Crippen LogP contribution < -0.4 is 10.6 Å². The Morgan fingerprint density at radius 1 is 1.22 bits per heavy atom. The minimum absolute atomic E-state index is 0.0105. The predicted octanol–water partition coefficient (Wildman–Crippen LogP) is 5.16. The molecule has 1 atom stereocenters. The fraction of sp³-hybridized carbons (Fsp3) is 0.480. The number of nitrogens with one attached hydrogen (secondary N) is 2. The number of hydrogen-bond donors (Lipinski definition) is 2. The Labute approximate surface area is 217 Å². The minimum Gasteiger partial charge on any atom is -0.380 e. The van der Waals surface area contributed by atoms with Crippen molar-refractivity contribution in [3.8, 4) is 0 Å². The molecular formula is C25H27Cl2F3N4O2. The molecule has 1 spiro atoms. The van der Waals surface area contributed by atoms with E-state index in [1.807, 2.05) is 37.5 Å². The molecule has 1 aliphatic heterocycles. The molecular weight excluding hydrogens is 516 g/mol. The smallest absolute Gasteiger partial charge is 0.379 e. The molecule has 11 heteroatoms. The number of nitrogens with zero attached hydrogens (tertiary/aromatic N) is 2. The number of benzene rings is 1. The summed E-state index contributed by atoms with van der Waals surface area (Å²) in [5.41, 5.74) is 4.02. The Bertz CT molecular complexity index is 1120. The van der Waals surface area contributed by atoms with E-state index in [2.05, 4.69) is 15.6 Å². The van der Waals surface area contributed by atoms with Gasteiger partial charge in [0.05, 0.1) is 34.2 Å². The third kappa shape index (κ3) is 6.06. The van der Waals surface area contributed by atoms with Crippen LogP contribution in [0.2, 0.25) is 10.0 Å². The van der Waals surface area contributed by atoms with Crippen molar-refractivity contribution in [3.63, 3.8) is 0 Å². The molecule has 2 fully saturated rings. The first-order valence-corrected chi connectivity index (χ1v) is 12.5. The van der Waals surface area contributed by atoms with Crippen LogP contribution >= 0.6 is 23.2 Å². The van der Waals surface area contributed by atoms with Crippen molar-refractivity contribution in [2.45, 2.75) is 63.3 Å². The van der Waals surface area contributed by atoms with E-state index < -0.39 is 6.68 Å². The Morgan fingerprint density at radius 2 is 1.94 bits per heavy atom. The summed E-state index contributed by atoms with van der Waals surface area (Å²) < 4.78 is 29.0. The number of alkyl halides is 3. The van der Waals surface area contributed by atoms with Gasteiger partial charge in [0.25, 0.3) is 0 Å². The van der Waals surface area contributed by atoms with Gasteiger partial charge in [0.2, 0.25) is 11.8 Å². The lowest BCUT2D eigenvalue weighted by Crippen LogP contribution is -2.56. The Balaban J connectivity index is 0.000000709. The second-order valence-corrected chi connectivity index (χ2v) is 10.4. The molecule has 1 saturated heterocycles. The Hall–Kier alpha value is -2.52. The Kier molecular flexibility index (Phi) is 7.99. The molecule has 2 aliphatic carbocycles. The molecule has 1 aromatic heterocycles. The Morgan fingerprint density at radius 3 is 2.56 bits per heavy atom. The summed E-state index contributed by atoms with van der Waals surface area (Å²) in [6.07, 6.45) is 6.47. The average molecular weight is 543 g/mol. The van der Waals surface area contributed by atoms with Crippen molar-refractivity contribution in [1.82, 2.24) is 15.2 Å². The first-order valence-electron chi connectivity index (χ1n) is 11.7. The van der Waals surface area contributed by atoms with Crippen molar-refractivity contribution in [3.05, 3.63) is 57.3 Å². The third-order valence-corrected chi connectivity index (χ3v) is 7.88. The topological polar surface area (TPSA) is 74.3 Å². The summed E-state index contributed by atoms with van der Waals surface area (Å²) in [6.45, 7) is -3.20. The predicted molar refractivity (Wildman–Crippen MR) is 132 cm³/mol. The average Bonchev–Trinajstić information content (AvgIpc) is 3.39. The highest BCUT2D eigenvalue weighted by atomic mass is 35.5. The zero-order chi connectivity index (χ0) is 26.0. The van der Waals surface area contributed by atoms with Crippen molar-refractivity contribution in [2.75, 3.05) is 12.4 Å². The maximum absolute atomic E-state index is 12.8. The summed E-state index contributed by atoms with van der Waals surface area (Å²) in [4.78, 5) is 30.5. The van der Waals surface area contributed by atoms with E-state index in [-0.39, 0.29) is 29.3 Å². The van der Waals surface area contributed by atoms with Gasteiger partial charge in [0, 0.05) is 31.0 Å². The van der Waals surface area contributed by atoms with Gasteiger partial charge in [-0.15, -0.1) is 0 Å². The van der Waals surface area contributed by atoms with Crippen LogP contribution in [-0.4, -0.2) is 47.0 Å². The maximum Gasteiger partial charge on any atom is 0.379 e. The van der Waals surface area contributed by atoms with Gasteiger partial charge in [0.1, 0.15) is 0 Å². The summed E-state index contributed by atoms with van der Waals surface area (Å²) in [7, 11) is 1.82. The van der Waals surface area contributed by atoms with Gasteiger partial charge in [-0.1, -0.05) is 29.3 Å². The number of hydrogen-bond acceptors (Lipinski definition) is 4. The van der Waals surface area contributed by atoms with Gasteiger partial charge < -0.3 is 15.5 Å². The molecule has 2 aromatic rings. The number of anilines is 1. The van der Waals surface area contributed by atoms with Crippen LogP contribution in [0.3, 0.4) is 0 Å². The van der Waals surface area contributed by atoms with E-state index in [0.29, 0.717) is 23.0 Å². The fourth-order valence-corrected chi connectivity index (χ4v) is 5.78. The number of aromatic nitrogens is 1. The van der Waals surface area contributed by atoms with Crippen LogP contribution in [0.1, 0.15) is 42.5 Å². The molecule has 1 unspecified atom stereocenters. The number of carbonyl (C=O) groups is 2. The molecule has 2 amide bonds. The molecule has 1 saturated carbocycles. The number of amides is 2. The van der Waals surface area contributed by atoms with Crippen LogP contribution in [-0.2, 0) is 29.0 Å². The summed E-state index contributed by atoms with van der Waals surface area (Å²) in [5, 5.41) is 7.82. The summed E-state index contributed by atoms with van der Waals surface area (Å²) in [5.74, 6) is 0.222. The quantitative estimate of drug-likeness (QED) is 0.547. The number of carbonyl (C=O) groups excluding carboxylic acids is 2. The zero-order valence-corrected chi connectivity index (χ0v) is 21.2. The largest absolute Gasteiger partial charge is 0.380 e. The van der Waals surface area contributed by atoms with Crippen LogP contribution in [0.4, 0.5) is 18.9 Å². The van der Waals surface area contributed by atoms with E-state index in [9.17, 15) is 22.8 Å². The molecule has 5 rings (SSSR count). The van der Waals surface area contributed by atoms with E-state index in [1.54, 1.807) is 4.90 Å². The lowest BCUT2D eigenvalue weighted by atomic mass is 9.67. The highest BCUT2D eigenvalue weighted by Crippen LogP contribution is 2.44. The van der Waals surface area contributed by atoms with Gasteiger partial charge in [0.15, 0.2) is 0 Å². The van der Waals surface area contributed by atoms with Crippen molar-refractivity contribution >= 4 is 40.7 Å². The van der Waals surface area contributed by atoms with Crippen LogP contribution in [0.5, 0.6) is 0 Å². The molecule has 1 aromatic carbocycles. The van der Waals surface area contributed by atoms with Crippen LogP contribution in [0, 0.1) is 5.92 Å². The number of halogens is 5.